The number of carboxylic acid groups (broad SMARTS) is 1. The van der Waals surface area contributed by atoms with Crippen LogP contribution in [0.5, 0.6) is 0 Å². The molecule has 4 N–H and O–H groups in total. The van der Waals surface area contributed by atoms with Gasteiger partial charge in [-0.25, -0.2) is 4.79 Å². The van der Waals surface area contributed by atoms with Crippen molar-refractivity contribution in [3.05, 3.63) is 12.3 Å². The number of rotatable bonds is 3. The van der Waals surface area contributed by atoms with Gasteiger partial charge in [0.15, 0.2) is 0 Å². The molecule has 0 radical (unpaired) electrons. The number of amides is 1. The first-order valence-electron chi connectivity index (χ1n) is 2.55. The van der Waals surface area contributed by atoms with Gasteiger partial charge >= 0.3 is 5.97 Å². The van der Waals surface area contributed by atoms with Gasteiger partial charge in [-0.2, -0.15) is 0 Å². The molecule has 56 valence electrons. The molecular weight excluding hydrogens is 136 g/mol. The minimum absolute atomic E-state index is 0.149. The van der Waals surface area contributed by atoms with Crippen LogP contribution in [0.1, 0.15) is 0 Å². The van der Waals surface area contributed by atoms with Gasteiger partial charge in [0.1, 0.15) is 0 Å². The largest absolute Gasteiger partial charge is 0.478 e. The summed E-state index contributed by atoms with van der Waals surface area (Å²) in [6.07, 6.45) is 1.84. The molecule has 0 rings (SSSR count). The van der Waals surface area contributed by atoms with E-state index in [1.165, 1.54) is 0 Å². The van der Waals surface area contributed by atoms with Gasteiger partial charge in [-0.1, -0.05) is 0 Å². The third kappa shape index (κ3) is 4.79. The smallest absolute Gasteiger partial charge is 0.329 e. The standard InChI is InChI=1S/C5H8N2O3/c6-3-4(8)7-2-1-5(9)10/h1-2H,3,6H2,(H,7,8)(H,9,10)/b2-1+. The summed E-state index contributed by atoms with van der Waals surface area (Å²) >= 11 is 0. The van der Waals surface area contributed by atoms with E-state index in [0.29, 0.717) is 0 Å². The predicted octanol–water partition coefficient (Wildman–Crippen LogP) is -1.34. The Morgan fingerprint density at radius 2 is 2.20 bits per heavy atom. The van der Waals surface area contributed by atoms with Gasteiger partial charge in [0, 0.05) is 12.3 Å². The number of nitrogens with one attached hydrogen (secondary N) is 1. The molecule has 0 aromatic heterocycles. The SMILES string of the molecule is NCC(=O)N/C=C/C(=O)O. The number of hydrogen-bond acceptors (Lipinski definition) is 3. The zero-order chi connectivity index (χ0) is 7.98. The highest BCUT2D eigenvalue weighted by Crippen LogP contribution is 1.67. The van der Waals surface area contributed by atoms with Crippen molar-refractivity contribution in [1.29, 1.82) is 0 Å². The van der Waals surface area contributed by atoms with Gasteiger partial charge < -0.3 is 16.2 Å². The van der Waals surface area contributed by atoms with Crippen LogP contribution in [0.2, 0.25) is 0 Å². The van der Waals surface area contributed by atoms with Crippen LogP contribution in [0, 0.1) is 0 Å². The molecule has 0 aromatic rings. The molecule has 0 aliphatic carbocycles. The highest BCUT2D eigenvalue weighted by molar-refractivity contribution is 5.82. The molecular formula is C5H8N2O3. The lowest BCUT2D eigenvalue weighted by Crippen LogP contribution is -2.25. The van der Waals surface area contributed by atoms with Gasteiger partial charge in [-0.3, -0.25) is 4.79 Å². The molecule has 0 aliphatic heterocycles. The van der Waals surface area contributed by atoms with E-state index in [9.17, 15) is 9.59 Å². The Hall–Kier alpha value is -1.36. The number of nitrogens with two attached hydrogens (primary N) is 1. The van der Waals surface area contributed by atoms with Crippen molar-refractivity contribution < 1.29 is 14.7 Å². The lowest BCUT2D eigenvalue weighted by Gasteiger charge is -1.91. The monoisotopic (exact) mass is 144 g/mol. The van der Waals surface area contributed by atoms with E-state index in [1.54, 1.807) is 0 Å². The Morgan fingerprint density at radius 1 is 1.60 bits per heavy atom. The Morgan fingerprint density at radius 3 is 2.60 bits per heavy atom. The second-order valence-electron chi connectivity index (χ2n) is 1.44. The van der Waals surface area contributed by atoms with Gasteiger partial charge in [-0.15, -0.1) is 0 Å². The second kappa shape index (κ2) is 4.51. The molecule has 10 heavy (non-hydrogen) atoms. The van der Waals surface area contributed by atoms with Crippen molar-refractivity contribution in [2.75, 3.05) is 6.54 Å². The number of carboxylic acids is 1. The molecule has 5 nitrogen and oxygen atoms in total. The van der Waals surface area contributed by atoms with E-state index >= 15 is 0 Å². The molecule has 1 amide bonds. The number of carbonyl (C=O) groups is 2. The fraction of sp³-hybridized carbons (Fsp3) is 0.200. The molecule has 0 unspecified atom stereocenters. The van der Waals surface area contributed by atoms with Gasteiger partial charge in [0.05, 0.1) is 6.54 Å². The quantitative estimate of drug-likeness (QED) is 0.427. The van der Waals surface area contributed by atoms with Gasteiger partial charge in [0.25, 0.3) is 0 Å². The molecule has 0 heterocycles. The van der Waals surface area contributed by atoms with Crippen molar-refractivity contribution >= 4 is 11.9 Å². The summed E-state index contributed by atoms with van der Waals surface area (Å²) in [4.78, 5) is 20.1. The van der Waals surface area contributed by atoms with E-state index in [1.807, 2.05) is 0 Å². The Balaban J connectivity index is 3.53. The van der Waals surface area contributed by atoms with Crippen LogP contribution in [0.15, 0.2) is 12.3 Å². The minimum Gasteiger partial charge on any atom is -0.478 e. The zero-order valence-corrected chi connectivity index (χ0v) is 5.20. The van der Waals surface area contributed by atoms with Crippen molar-refractivity contribution in [3.8, 4) is 0 Å². The maximum atomic E-state index is 10.3. The number of hydrogen-bond donors (Lipinski definition) is 3. The molecule has 0 atom stereocenters. The third-order valence-corrected chi connectivity index (χ3v) is 0.656. The Labute approximate surface area is 57.5 Å². The van der Waals surface area contributed by atoms with Gasteiger partial charge in [-0.05, 0) is 0 Å². The summed E-state index contributed by atoms with van der Waals surface area (Å²) in [5, 5.41) is 10.2. The molecule has 0 aliphatic rings. The first kappa shape index (κ1) is 8.64. The average Bonchev–Trinajstić information content (AvgIpc) is 1.87. The van der Waals surface area contributed by atoms with Crippen LogP contribution in [0.3, 0.4) is 0 Å². The van der Waals surface area contributed by atoms with Crippen LogP contribution < -0.4 is 11.1 Å². The molecule has 0 saturated carbocycles. The van der Waals surface area contributed by atoms with E-state index in [0.717, 1.165) is 12.3 Å². The fourth-order valence-electron chi connectivity index (χ4n) is 0.265. The van der Waals surface area contributed by atoms with Crippen LogP contribution in [-0.2, 0) is 9.59 Å². The summed E-state index contributed by atoms with van der Waals surface area (Å²) < 4.78 is 0. The summed E-state index contributed by atoms with van der Waals surface area (Å²) in [6, 6.07) is 0. The summed E-state index contributed by atoms with van der Waals surface area (Å²) in [5.41, 5.74) is 4.90. The average molecular weight is 144 g/mol. The molecule has 5 heteroatoms. The van der Waals surface area contributed by atoms with E-state index in [2.05, 4.69) is 5.32 Å². The molecule has 0 saturated heterocycles. The number of aliphatic carboxylic acids is 1. The lowest BCUT2D eigenvalue weighted by molar-refractivity contribution is -0.131. The normalized spacial score (nSPS) is 9.70. The zero-order valence-electron chi connectivity index (χ0n) is 5.20. The van der Waals surface area contributed by atoms with Crippen molar-refractivity contribution in [1.82, 2.24) is 5.32 Å². The maximum Gasteiger partial charge on any atom is 0.329 e. The highest BCUT2D eigenvalue weighted by Gasteiger charge is 1.90. The lowest BCUT2D eigenvalue weighted by atomic mass is 10.5. The fourth-order valence-corrected chi connectivity index (χ4v) is 0.265. The van der Waals surface area contributed by atoms with Crippen molar-refractivity contribution in [2.45, 2.75) is 0 Å². The highest BCUT2D eigenvalue weighted by atomic mass is 16.4. The number of carbonyl (C=O) groups excluding carboxylic acids is 1. The molecule has 0 bridgehead atoms. The summed E-state index contributed by atoms with van der Waals surface area (Å²) in [6.45, 7) is -0.149. The Bertz CT molecular complexity index is 164. The molecule has 0 spiro atoms. The van der Waals surface area contributed by atoms with Crippen molar-refractivity contribution in [3.63, 3.8) is 0 Å². The van der Waals surface area contributed by atoms with Crippen molar-refractivity contribution in [2.24, 2.45) is 5.73 Å². The first-order chi connectivity index (χ1) is 4.66. The van der Waals surface area contributed by atoms with E-state index in [-0.39, 0.29) is 6.54 Å². The minimum atomic E-state index is -1.11. The summed E-state index contributed by atoms with van der Waals surface area (Å²) in [5.74, 6) is -1.53. The van der Waals surface area contributed by atoms with Crippen LogP contribution in [0.4, 0.5) is 0 Å². The van der Waals surface area contributed by atoms with Crippen LogP contribution >= 0.6 is 0 Å². The molecule has 0 fully saturated rings. The second-order valence-corrected chi connectivity index (χ2v) is 1.44. The first-order valence-corrected chi connectivity index (χ1v) is 2.55. The van der Waals surface area contributed by atoms with E-state index in [4.69, 9.17) is 10.8 Å². The van der Waals surface area contributed by atoms with E-state index < -0.39 is 11.9 Å². The third-order valence-electron chi connectivity index (χ3n) is 0.656. The predicted molar refractivity (Wildman–Crippen MR) is 34.0 cm³/mol. The topological polar surface area (TPSA) is 92.4 Å². The maximum absolute atomic E-state index is 10.3. The van der Waals surface area contributed by atoms with Crippen LogP contribution in [-0.4, -0.2) is 23.5 Å². The van der Waals surface area contributed by atoms with Gasteiger partial charge in [0.2, 0.25) is 5.91 Å². The summed E-state index contributed by atoms with van der Waals surface area (Å²) in [7, 11) is 0. The van der Waals surface area contributed by atoms with Crippen LogP contribution in [0.25, 0.3) is 0 Å². The molecule has 0 aromatic carbocycles. The Kier molecular flexibility index (Phi) is 3.90.